The molecule has 0 bridgehead atoms. The third-order valence-electron chi connectivity index (χ3n) is 3.57. The van der Waals surface area contributed by atoms with Crippen molar-refractivity contribution in [3.05, 3.63) is 56.5 Å². The summed E-state index contributed by atoms with van der Waals surface area (Å²) < 4.78 is 1.54. The normalized spacial score (nSPS) is 11.1. The van der Waals surface area contributed by atoms with E-state index in [1.807, 2.05) is 0 Å². The molecule has 0 radical (unpaired) electrons. The second-order valence-electron chi connectivity index (χ2n) is 5.85. The Balaban J connectivity index is 1.69. The molecule has 0 atom stereocenters. The van der Waals surface area contributed by atoms with Crippen LogP contribution >= 0.6 is 31.9 Å². The van der Waals surface area contributed by atoms with Gasteiger partial charge < -0.3 is 10.2 Å². The number of benzene rings is 2. The average molecular weight is 526 g/mol. The number of halogens is 2. The number of hydrogen-bond donors (Lipinski definition) is 4. The first-order valence-corrected chi connectivity index (χ1v) is 10.0. The summed E-state index contributed by atoms with van der Waals surface area (Å²) in [6, 6.07) is 9.69. The fourth-order valence-electron chi connectivity index (χ4n) is 2.13. The van der Waals surface area contributed by atoms with Gasteiger partial charge in [0, 0.05) is 32.9 Å². The zero-order chi connectivity index (χ0) is 21.2. The van der Waals surface area contributed by atoms with Gasteiger partial charge in [-0.1, -0.05) is 31.9 Å². The van der Waals surface area contributed by atoms with Gasteiger partial charge in [0.15, 0.2) is 0 Å². The van der Waals surface area contributed by atoms with E-state index in [0.29, 0.717) is 17.5 Å². The summed E-state index contributed by atoms with van der Waals surface area (Å²) in [5.74, 6) is -0.628. The van der Waals surface area contributed by atoms with Gasteiger partial charge >= 0.3 is 0 Å². The fourth-order valence-corrected chi connectivity index (χ4v) is 2.88. The fraction of sp³-hybridized carbons (Fsp3) is 0.158. The maximum atomic E-state index is 11.7. The van der Waals surface area contributed by atoms with Crippen molar-refractivity contribution >= 4 is 56.1 Å². The second-order valence-corrected chi connectivity index (χ2v) is 7.68. The first-order valence-electron chi connectivity index (χ1n) is 8.46. The maximum Gasteiger partial charge on any atom is 0.240 e. The highest BCUT2D eigenvalue weighted by atomic mass is 79.9. The first-order chi connectivity index (χ1) is 13.8. The maximum absolute atomic E-state index is 11.7. The van der Waals surface area contributed by atoms with Crippen LogP contribution in [0.5, 0.6) is 11.5 Å². The Hall–Kier alpha value is -2.72. The van der Waals surface area contributed by atoms with Crippen molar-refractivity contribution in [1.82, 2.24) is 10.9 Å². The van der Waals surface area contributed by atoms with Gasteiger partial charge in [-0.25, -0.2) is 10.9 Å². The number of hydrogen-bond acceptors (Lipinski definition) is 6. The number of carbonyl (C=O) groups is 2. The van der Waals surface area contributed by atoms with Gasteiger partial charge in [0.25, 0.3) is 0 Å². The molecule has 4 N–H and O–H groups in total. The Morgan fingerprint density at radius 2 is 1.24 bits per heavy atom. The molecule has 152 valence electrons. The van der Waals surface area contributed by atoms with Gasteiger partial charge in [0.1, 0.15) is 11.5 Å². The zero-order valence-corrected chi connectivity index (χ0v) is 18.3. The predicted octanol–water partition coefficient (Wildman–Crippen LogP) is 3.39. The molecule has 29 heavy (non-hydrogen) atoms. The lowest BCUT2D eigenvalue weighted by Crippen LogP contribution is -2.20. The van der Waals surface area contributed by atoms with E-state index in [4.69, 9.17) is 0 Å². The predicted molar refractivity (Wildman–Crippen MR) is 117 cm³/mol. The van der Waals surface area contributed by atoms with Crippen LogP contribution in [0.4, 0.5) is 0 Å². The molecule has 2 aromatic carbocycles. The summed E-state index contributed by atoms with van der Waals surface area (Å²) in [6.45, 7) is 0. The lowest BCUT2D eigenvalue weighted by atomic mass is 10.2. The molecule has 0 unspecified atom stereocenters. The van der Waals surface area contributed by atoms with Gasteiger partial charge in [-0.3, -0.25) is 9.59 Å². The van der Waals surface area contributed by atoms with E-state index in [1.165, 1.54) is 24.6 Å². The molecule has 0 spiro atoms. The SMILES string of the molecule is O=C(CCCC(=O)NN=Cc1cc(Br)ccc1O)NN=Cc1cc(Br)ccc1O. The van der Waals surface area contributed by atoms with Crippen molar-refractivity contribution in [2.24, 2.45) is 10.2 Å². The highest BCUT2D eigenvalue weighted by Crippen LogP contribution is 2.20. The quantitative estimate of drug-likeness (QED) is 0.311. The van der Waals surface area contributed by atoms with Crippen LogP contribution in [0.15, 0.2) is 55.5 Å². The average Bonchev–Trinajstić information content (AvgIpc) is 2.67. The molecule has 2 aromatic rings. The van der Waals surface area contributed by atoms with Crippen LogP contribution in [-0.4, -0.2) is 34.5 Å². The number of phenolic OH excluding ortho intramolecular Hbond substituents is 2. The second kappa shape index (κ2) is 11.3. The van der Waals surface area contributed by atoms with Crippen LogP contribution in [0.25, 0.3) is 0 Å². The largest absolute Gasteiger partial charge is 0.507 e. The number of phenols is 2. The van der Waals surface area contributed by atoms with Gasteiger partial charge in [-0.2, -0.15) is 10.2 Å². The van der Waals surface area contributed by atoms with Crippen molar-refractivity contribution < 1.29 is 19.8 Å². The van der Waals surface area contributed by atoms with Crippen molar-refractivity contribution in [1.29, 1.82) is 0 Å². The van der Waals surface area contributed by atoms with Crippen molar-refractivity contribution in [3.8, 4) is 11.5 Å². The highest BCUT2D eigenvalue weighted by molar-refractivity contribution is 9.10. The number of nitrogens with zero attached hydrogens (tertiary/aromatic N) is 2. The molecule has 0 aliphatic heterocycles. The van der Waals surface area contributed by atoms with Gasteiger partial charge in [0.05, 0.1) is 12.4 Å². The molecule has 8 nitrogen and oxygen atoms in total. The van der Waals surface area contributed by atoms with Crippen LogP contribution in [-0.2, 0) is 9.59 Å². The standard InChI is InChI=1S/C19H18Br2N4O4/c20-14-4-6-16(26)12(8-14)10-22-24-18(28)2-1-3-19(29)25-23-11-13-9-15(21)5-7-17(13)27/h4-11,26-27H,1-3H2,(H,24,28)(H,25,29). The smallest absolute Gasteiger partial charge is 0.240 e. The summed E-state index contributed by atoms with van der Waals surface area (Å²) in [5, 5.41) is 26.9. The molecule has 0 saturated heterocycles. The number of hydrazone groups is 2. The Kier molecular flexibility index (Phi) is 8.81. The minimum Gasteiger partial charge on any atom is -0.507 e. The summed E-state index contributed by atoms with van der Waals surface area (Å²) in [4.78, 5) is 23.5. The van der Waals surface area contributed by atoms with E-state index < -0.39 is 0 Å². The first kappa shape index (κ1) is 22.6. The Morgan fingerprint density at radius 1 is 0.828 bits per heavy atom. The molecule has 0 aliphatic carbocycles. The lowest BCUT2D eigenvalue weighted by Gasteiger charge is -2.02. The Bertz CT molecular complexity index is 872. The molecule has 0 saturated carbocycles. The van der Waals surface area contributed by atoms with Crippen molar-refractivity contribution in [2.75, 3.05) is 0 Å². The van der Waals surface area contributed by atoms with E-state index in [-0.39, 0.29) is 36.2 Å². The molecule has 0 heterocycles. The Labute approximate surface area is 184 Å². The van der Waals surface area contributed by atoms with Gasteiger partial charge in [-0.15, -0.1) is 0 Å². The summed E-state index contributed by atoms with van der Waals surface area (Å²) in [7, 11) is 0. The number of amides is 2. The molecule has 2 amide bonds. The van der Waals surface area contributed by atoms with E-state index in [2.05, 4.69) is 52.9 Å². The molecular formula is C19H18Br2N4O4. The minimum atomic E-state index is -0.355. The van der Waals surface area contributed by atoms with Crippen molar-refractivity contribution in [2.45, 2.75) is 19.3 Å². The third kappa shape index (κ3) is 8.04. The minimum absolute atomic E-state index is 0.0413. The molecule has 0 fully saturated rings. The zero-order valence-electron chi connectivity index (χ0n) is 15.1. The van der Waals surface area contributed by atoms with E-state index in [1.54, 1.807) is 24.3 Å². The van der Waals surface area contributed by atoms with E-state index in [9.17, 15) is 19.8 Å². The number of nitrogens with one attached hydrogen (secondary N) is 2. The lowest BCUT2D eigenvalue weighted by molar-refractivity contribution is -0.122. The molecule has 0 aromatic heterocycles. The number of carbonyl (C=O) groups excluding carboxylic acids is 2. The van der Waals surface area contributed by atoms with E-state index in [0.717, 1.165) is 8.95 Å². The van der Waals surface area contributed by atoms with Gasteiger partial charge in [0.2, 0.25) is 11.8 Å². The van der Waals surface area contributed by atoms with E-state index >= 15 is 0 Å². The molecule has 0 aliphatic rings. The number of rotatable bonds is 8. The van der Waals surface area contributed by atoms with Crippen LogP contribution in [0.1, 0.15) is 30.4 Å². The monoisotopic (exact) mass is 524 g/mol. The number of aromatic hydroxyl groups is 2. The van der Waals surface area contributed by atoms with Crippen LogP contribution in [0, 0.1) is 0 Å². The Morgan fingerprint density at radius 3 is 1.66 bits per heavy atom. The van der Waals surface area contributed by atoms with Crippen LogP contribution in [0.3, 0.4) is 0 Å². The van der Waals surface area contributed by atoms with Crippen LogP contribution < -0.4 is 10.9 Å². The third-order valence-corrected chi connectivity index (χ3v) is 4.56. The molecule has 2 rings (SSSR count). The summed E-state index contributed by atoms with van der Waals surface area (Å²) in [6.07, 6.45) is 3.18. The summed E-state index contributed by atoms with van der Waals surface area (Å²) >= 11 is 6.56. The van der Waals surface area contributed by atoms with Crippen LogP contribution in [0.2, 0.25) is 0 Å². The topological polar surface area (TPSA) is 123 Å². The van der Waals surface area contributed by atoms with Crippen molar-refractivity contribution in [3.63, 3.8) is 0 Å². The van der Waals surface area contributed by atoms with Gasteiger partial charge in [-0.05, 0) is 42.8 Å². The molecular weight excluding hydrogens is 508 g/mol. The highest BCUT2D eigenvalue weighted by Gasteiger charge is 2.05. The summed E-state index contributed by atoms with van der Waals surface area (Å²) in [5.41, 5.74) is 5.58. The molecule has 10 heteroatoms.